The lowest BCUT2D eigenvalue weighted by Gasteiger charge is -2.17. The number of aliphatic hydroxyl groups is 2. The molecule has 0 saturated heterocycles. The van der Waals surface area contributed by atoms with Crippen LogP contribution in [0.5, 0.6) is 0 Å². The summed E-state index contributed by atoms with van der Waals surface area (Å²) in [5.41, 5.74) is 0. The highest BCUT2D eigenvalue weighted by Crippen LogP contribution is 2.16. The third-order valence-electron chi connectivity index (χ3n) is 3.20. The van der Waals surface area contributed by atoms with Crippen molar-refractivity contribution in [3.05, 3.63) is 0 Å². The molecule has 0 fully saturated rings. The molecule has 0 aliphatic carbocycles. The summed E-state index contributed by atoms with van der Waals surface area (Å²) in [6, 6.07) is 0. The van der Waals surface area contributed by atoms with E-state index in [9.17, 15) is 0 Å². The van der Waals surface area contributed by atoms with Gasteiger partial charge in [-0.05, 0) is 32.6 Å². The standard InChI is InChI=1S/C13H28O3.C4H10O/c1-3-5-6-8-12(7-4-2)10-16-11-13(15)9-14;1-3-5-4-2/h12-15H,3-11H2,1-2H3;3-4H2,1-2H3. The molecule has 2 unspecified atom stereocenters. The van der Waals surface area contributed by atoms with Crippen LogP contribution in [0.2, 0.25) is 0 Å². The molecule has 0 bridgehead atoms. The number of hydrogen-bond acceptors (Lipinski definition) is 4. The van der Waals surface area contributed by atoms with Crippen LogP contribution in [0.25, 0.3) is 0 Å². The second-order valence-corrected chi connectivity index (χ2v) is 5.31. The van der Waals surface area contributed by atoms with Gasteiger partial charge in [-0.1, -0.05) is 39.5 Å². The summed E-state index contributed by atoms with van der Waals surface area (Å²) in [6.07, 6.45) is 6.69. The number of aliphatic hydroxyl groups excluding tert-OH is 2. The van der Waals surface area contributed by atoms with Gasteiger partial charge in [0.1, 0.15) is 6.10 Å². The number of rotatable bonds is 13. The molecular weight excluding hydrogens is 268 g/mol. The van der Waals surface area contributed by atoms with E-state index in [4.69, 9.17) is 19.7 Å². The molecule has 0 saturated carbocycles. The van der Waals surface area contributed by atoms with Gasteiger partial charge in [0.25, 0.3) is 0 Å². The molecule has 0 spiro atoms. The lowest BCUT2D eigenvalue weighted by atomic mass is 9.97. The highest BCUT2D eigenvalue weighted by Gasteiger charge is 2.09. The van der Waals surface area contributed by atoms with Crippen molar-refractivity contribution in [2.75, 3.05) is 33.0 Å². The molecule has 0 heterocycles. The smallest absolute Gasteiger partial charge is 0.100 e. The lowest BCUT2D eigenvalue weighted by Crippen LogP contribution is -2.21. The van der Waals surface area contributed by atoms with E-state index in [-0.39, 0.29) is 13.2 Å². The summed E-state index contributed by atoms with van der Waals surface area (Å²) in [5, 5.41) is 17.8. The van der Waals surface area contributed by atoms with Crippen molar-refractivity contribution in [2.45, 2.75) is 72.3 Å². The van der Waals surface area contributed by atoms with Crippen LogP contribution in [-0.2, 0) is 9.47 Å². The minimum atomic E-state index is -0.724. The monoisotopic (exact) mass is 306 g/mol. The van der Waals surface area contributed by atoms with Crippen LogP contribution < -0.4 is 0 Å². The number of ether oxygens (including phenoxy) is 2. The maximum atomic E-state index is 9.14. The van der Waals surface area contributed by atoms with Crippen molar-refractivity contribution >= 4 is 0 Å². The Balaban J connectivity index is 0. The first-order valence-electron chi connectivity index (χ1n) is 8.60. The highest BCUT2D eigenvalue weighted by atomic mass is 16.5. The molecule has 0 aliphatic heterocycles. The van der Waals surface area contributed by atoms with Crippen molar-refractivity contribution in [1.29, 1.82) is 0 Å². The second kappa shape index (κ2) is 19.8. The lowest BCUT2D eigenvalue weighted by molar-refractivity contribution is -0.00658. The third kappa shape index (κ3) is 19.8. The summed E-state index contributed by atoms with van der Waals surface area (Å²) >= 11 is 0. The summed E-state index contributed by atoms with van der Waals surface area (Å²) < 4.78 is 10.3. The Kier molecular flexibility index (Phi) is 21.8. The molecule has 2 N–H and O–H groups in total. The van der Waals surface area contributed by atoms with Gasteiger partial charge in [0.15, 0.2) is 0 Å². The van der Waals surface area contributed by atoms with Gasteiger partial charge >= 0.3 is 0 Å². The summed E-state index contributed by atoms with van der Waals surface area (Å²) in [7, 11) is 0. The van der Waals surface area contributed by atoms with Crippen molar-refractivity contribution < 1.29 is 19.7 Å². The van der Waals surface area contributed by atoms with Crippen LogP contribution in [0, 0.1) is 5.92 Å². The van der Waals surface area contributed by atoms with Crippen LogP contribution in [0.1, 0.15) is 66.2 Å². The zero-order valence-electron chi connectivity index (χ0n) is 14.6. The van der Waals surface area contributed by atoms with E-state index in [0.29, 0.717) is 12.5 Å². The average molecular weight is 306 g/mol. The summed E-state index contributed by atoms with van der Waals surface area (Å²) in [5.74, 6) is 0.613. The van der Waals surface area contributed by atoms with Crippen LogP contribution in [0.4, 0.5) is 0 Å². The fraction of sp³-hybridized carbons (Fsp3) is 1.00. The van der Waals surface area contributed by atoms with E-state index in [2.05, 4.69) is 13.8 Å². The quantitative estimate of drug-likeness (QED) is 0.512. The maximum Gasteiger partial charge on any atom is 0.100 e. The zero-order valence-corrected chi connectivity index (χ0v) is 14.6. The summed E-state index contributed by atoms with van der Waals surface area (Å²) in [6.45, 7) is 10.8. The SMILES string of the molecule is CCCCCC(CCC)COCC(O)CO.CCOCC. The van der Waals surface area contributed by atoms with Crippen LogP contribution in [0.3, 0.4) is 0 Å². The molecule has 0 aromatic rings. The Morgan fingerprint density at radius 2 is 1.48 bits per heavy atom. The Morgan fingerprint density at radius 3 is 1.90 bits per heavy atom. The van der Waals surface area contributed by atoms with E-state index >= 15 is 0 Å². The van der Waals surface area contributed by atoms with E-state index in [1.54, 1.807) is 0 Å². The fourth-order valence-corrected chi connectivity index (χ4v) is 2.03. The first kappa shape index (κ1) is 23.1. The average Bonchev–Trinajstić information content (AvgIpc) is 2.48. The number of hydrogen-bond donors (Lipinski definition) is 2. The minimum Gasteiger partial charge on any atom is -0.394 e. The Bertz CT molecular complexity index is 174. The topological polar surface area (TPSA) is 58.9 Å². The van der Waals surface area contributed by atoms with Crippen molar-refractivity contribution in [2.24, 2.45) is 5.92 Å². The van der Waals surface area contributed by atoms with Gasteiger partial charge in [0.05, 0.1) is 13.2 Å². The molecule has 0 aliphatic rings. The minimum absolute atomic E-state index is 0.214. The second-order valence-electron chi connectivity index (χ2n) is 5.31. The summed E-state index contributed by atoms with van der Waals surface area (Å²) in [4.78, 5) is 0. The Labute approximate surface area is 131 Å². The molecule has 2 atom stereocenters. The maximum absolute atomic E-state index is 9.14. The molecule has 130 valence electrons. The van der Waals surface area contributed by atoms with Crippen molar-refractivity contribution in [1.82, 2.24) is 0 Å². The Morgan fingerprint density at radius 1 is 0.810 bits per heavy atom. The first-order valence-corrected chi connectivity index (χ1v) is 8.60. The van der Waals surface area contributed by atoms with Crippen molar-refractivity contribution in [3.8, 4) is 0 Å². The van der Waals surface area contributed by atoms with Gasteiger partial charge in [-0.2, -0.15) is 0 Å². The molecule has 21 heavy (non-hydrogen) atoms. The fourth-order valence-electron chi connectivity index (χ4n) is 2.03. The normalized spacial score (nSPS) is 13.4. The van der Waals surface area contributed by atoms with Gasteiger partial charge in [-0.15, -0.1) is 0 Å². The molecule has 0 aromatic heterocycles. The first-order chi connectivity index (χ1) is 10.2. The van der Waals surface area contributed by atoms with Crippen LogP contribution >= 0.6 is 0 Å². The van der Waals surface area contributed by atoms with Crippen molar-refractivity contribution in [3.63, 3.8) is 0 Å². The van der Waals surface area contributed by atoms with E-state index in [1.807, 2.05) is 13.8 Å². The number of unbranched alkanes of at least 4 members (excludes halogenated alkanes) is 2. The van der Waals surface area contributed by atoms with Crippen LogP contribution in [0.15, 0.2) is 0 Å². The third-order valence-corrected chi connectivity index (χ3v) is 3.20. The van der Waals surface area contributed by atoms with Crippen LogP contribution in [-0.4, -0.2) is 49.4 Å². The van der Waals surface area contributed by atoms with Gasteiger partial charge in [-0.25, -0.2) is 0 Å². The van der Waals surface area contributed by atoms with Gasteiger partial charge in [-0.3, -0.25) is 0 Å². The molecule has 0 aromatic carbocycles. The van der Waals surface area contributed by atoms with E-state index in [1.165, 1.54) is 38.5 Å². The molecule has 0 rings (SSSR count). The molecule has 0 radical (unpaired) electrons. The molecule has 4 heteroatoms. The van der Waals surface area contributed by atoms with Gasteiger partial charge < -0.3 is 19.7 Å². The van der Waals surface area contributed by atoms with Gasteiger partial charge in [0, 0.05) is 19.8 Å². The molecular formula is C17H38O4. The van der Waals surface area contributed by atoms with E-state index < -0.39 is 6.10 Å². The van der Waals surface area contributed by atoms with E-state index in [0.717, 1.165) is 13.2 Å². The largest absolute Gasteiger partial charge is 0.394 e. The highest BCUT2D eigenvalue weighted by molar-refractivity contribution is 4.59. The molecule has 4 nitrogen and oxygen atoms in total. The zero-order chi connectivity index (χ0) is 16.3. The molecule has 0 amide bonds. The predicted molar refractivity (Wildman–Crippen MR) is 88.6 cm³/mol. The van der Waals surface area contributed by atoms with Gasteiger partial charge in [0.2, 0.25) is 0 Å². The predicted octanol–water partition coefficient (Wildman–Crippen LogP) is 3.40. The Hall–Kier alpha value is -0.160.